The fourth-order valence-electron chi connectivity index (χ4n) is 2.15. The monoisotopic (exact) mass is 254 g/mol. The van der Waals surface area contributed by atoms with E-state index in [-0.39, 0.29) is 17.9 Å². The minimum absolute atomic E-state index is 0.0548. The Balaban J connectivity index is 2.47. The molecule has 1 fully saturated rings. The molecule has 0 saturated carbocycles. The number of hydrogen-bond acceptors (Lipinski definition) is 4. The lowest BCUT2D eigenvalue weighted by molar-refractivity contribution is -0.137. The van der Waals surface area contributed by atoms with Crippen LogP contribution in [0.25, 0.3) is 0 Å². The van der Waals surface area contributed by atoms with Crippen LogP contribution in [-0.4, -0.2) is 49.6 Å². The highest BCUT2D eigenvalue weighted by molar-refractivity contribution is 5.82. The number of carbonyl (C=O) groups excluding carboxylic acids is 2. The number of ether oxygens (including phenoxy) is 1. The Morgan fingerprint density at radius 2 is 2.22 bits per heavy atom. The van der Waals surface area contributed by atoms with Crippen molar-refractivity contribution in [3.63, 3.8) is 0 Å². The molecule has 1 unspecified atom stereocenters. The van der Waals surface area contributed by atoms with Gasteiger partial charge in [-0.25, -0.2) is 4.79 Å². The largest absolute Gasteiger partial charge is 0.463 e. The minimum atomic E-state index is -0.328. The number of likely N-dealkylation sites (N-methyl/N-ethyl adjacent to an activating group) is 1. The highest BCUT2D eigenvalue weighted by Gasteiger charge is 2.26. The molecule has 1 atom stereocenters. The maximum atomic E-state index is 11.7. The molecule has 0 aromatic heterocycles. The van der Waals surface area contributed by atoms with Crippen LogP contribution in [0, 0.1) is 0 Å². The van der Waals surface area contributed by atoms with Gasteiger partial charge < -0.3 is 10.1 Å². The van der Waals surface area contributed by atoms with Crippen LogP contribution >= 0.6 is 0 Å². The summed E-state index contributed by atoms with van der Waals surface area (Å²) in [6, 6.07) is -0.0735. The van der Waals surface area contributed by atoms with Crippen LogP contribution in [0.4, 0.5) is 0 Å². The van der Waals surface area contributed by atoms with E-state index in [1.165, 1.54) is 6.08 Å². The molecular formula is C13H22N2O3. The van der Waals surface area contributed by atoms with Crippen LogP contribution in [0.2, 0.25) is 0 Å². The van der Waals surface area contributed by atoms with Crippen molar-refractivity contribution in [2.45, 2.75) is 32.2 Å². The topological polar surface area (TPSA) is 58.6 Å². The van der Waals surface area contributed by atoms with Gasteiger partial charge in [0.15, 0.2) is 0 Å². The first-order valence-electron chi connectivity index (χ1n) is 6.48. The summed E-state index contributed by atoms with van der Waals surface area (Å²) >= 11 is 0. The summed E-state index contributed by atoms with van der Waals surface area (Å²) in [5, 5.41) is 2.69. The van der Waals surface area contributed by atoms with Gasteiger partial charge in [-0.15, -0.1) is 0 Å². The summed E-state index contributed by atoms with van der Waals surface area (Å²) in [7, 11) is 1.66. The van der Waals surface area contributed by atoms with Gasteiger partial charge in [0.2, 0.25) is 5.91 Å². The Bertz CT molecular complexity index is 315. The van der Waals surface area contributed by atoms with E-state index in [0.717, 1.165) is 25.8 Å². The second kappa shape index (κ2) is 7.87. The van der Waals surface area contributed by atoms with Crippen molar-refractivity contribution in [1.82, 2.24) is 10.2 Å². The van der Waals surface area contributed by atoms with E-state index < -0.39 is 0 Å². The molecule has 0 aromatic carbocycles. The Morgan fingerprint density at radius 1 is 1.44 bits per heavy atom. The molecule has 0 radical (unpaired) electrons. The second-order valence-electron chi connectivity index (χ2n) is 4.28. The predicted molar refractivity (Wildman–Crippen MR) is 69.1 cm³/mol. The number of rotatable bonds is 5. The quantitative estimate of drug-likeness (QED) is 0.580. The van der Waals surface area contributed by atoms with Gasteiger partial charge in [-0.2, -0.15) is 0 Å². The van der Waals surface area contributed by atoms with Crippen molar-refractivity contribution in [2.24, 2.45) is 0 Å². The molecule has 5 heteroatoms. The van der Waals surface area contributed by atoms with Gasteiger partial charge in [0.1, 0.15) is 0 Å². The number of nitrogens with one attached hydrogen (secondary N) is 1. The molecule has 1 aliphatic heterocycles. The maximum absolute atomic E-state index is 11.7. The SMILES string of the molecule is CCOC(=O)/C=C/CN1CCCCC1C(=O)NC. The molecule has 1 N–H and O–H groups in total. The third-order valence-corrected chi connectivity index (χ3v) is 3.04. The molecule has 5 nitrogen and oxygen atoms in total. The van der Waals surface area contributed by atoms with Gasteiger partial charge >= 0.3 is 5.97 Å². The zero-order chi connectivity index (χ0) is 13.4. The fraction of sp³-hybridized carbons (Fsp3) is 0.692. The number of likely N-dealkylation sites (tertiary alicyclic amines) is 1. The molecule has 0 bridgehead atoms. The Hall–Kier alpha value is -1.36. The lowest BCUT2D eigenvalue weighted by Gasteiger charge is -2.33. The third kappa shape index (κ3) is 4.49. The molecule has 102 valence electrons. The molecule has 1 saturated heterocycles. The first kappa shape index (κ1) is 14.7. The molecule has 1 amide bonds. The van der Waals surface area contributed by atoms with Crippen LogP contribution < -0.4 is 5.32 Å². The lowest BCUT2D eigenvalue weighted by Crippen LogP contribution is -2.48. The average molecular weight is 254 g/mol. The first-order valence-corrected chi connectivity index (χ1v) is 6.48. The molecule has 0 spiro atoms. The maximum Gasteiger partial charge on any atom is 0.330 e. The van der Waals surface area contributed by atoms with Crippen molar-refractivity contribution < 1.29 is 14.3 Å². The van der Waals surface area contributed by atoms with Crippen LogP contribution in [0.3, 0.4) is 0 Å². The van der Waals surface area contributed by atoms with E-state index >= 15 is 0 Å². The van der Waals surface area contributed by atoms with Gasteiger partial charge in [-0.1, -0.05) is 12.5 Å². The van der Waals surface area contributed by atoms with Crippen molar-refractivity contribution in [3.8, 4) is 0 Å². The van der Waals surface area contributed by atoms with Crippen molar-refractivity contribution in [3.05, 3.63) is 12.2 Å². The molecule has 0 aromatic rings. The Kier molecular flexibility index (Phi) is 6.43. The summed E-state index contributed by atoms with van der Waals surface area (Å²) in [6.45, 7) is 3.66. The first-order chi connectivity index (χ1) is 8.69. The van der Waals surface area contributed by atoms with Gasteiger partial charge in [-0.3, -0.25) is 9.69 Å². The van der Waals surface area contributed by atoms with Crippen LogP contribution in [0.1, 0.15) is 26.2 Å². The Morgan fingerprint density at radius 3 is 2.89 bits per heavy atom. The fourth-order valence-corrected chi connectivity index (χ4v) is 2.15. The van der Waals surface area contributed by atoms with Crippen molar-refractivity contribution in [2.75, 3.05) is 26.7 Å². The highest BCUT2D eigenvalue weighted by Crippen LogP contribution is 2.16. The van der Waals surface area contributed by atoms with Crippen molar-refractivity contribution in [1.29, 1.82) is 0 Å². The third-order valence-electron chi connectivity index (χ3n) is 3.04. The number of carbonyl (C=O) groups is 2. The molecule has 0 aliphatic carbocycles. The van der Waals surface area contributed by atoms with Gasteiger partial charge in [-0.05, 0) is 26.3 Å². The number of piperidine rings is 1. The molecule has 1 heterocycles. The predicted octanol–water partition coefficient (Wildman–Crippen LogP) is 0.706. The van der Waals surface area contributed by atoms with Crippen molar-refractivity contribution >= 4 is 11.9 Å². The van der Waals surface area contributed by atoms with Crippen LogP contribution in [0.15, 0.2) is 12.2 Å². The molecular weight excluding hydrogens is 232 g/mol. The molecule has 1 aliphatic rings. The Labute approximate surface area is 108 Å². The summed E-state index contributed by atoms with van der Waals surface area (Å²) in [5.41, 5.74) is 0. The van der Waals surface area contributed by atoms with E-state index in [9.17, 15) is 9.59 Å². The van der Waals surface area contributed by atoms with E-state index in [1.54, 1.807) is 20.0 Å². The number of esters is 1. The summed E-state index contributed by atoms with van der Waals surface area (Å²) < 4.78 is 4.80. The lowest BCUT2D eigenvalue weighted by atomic mass is 10.0. The van der Waals surface area contributed by atoms with Gasteiger partial charge in [0.25, 0.3) is 0 Å². The van der Waals surface area contributed by atoms with Gasteiger partial charge in [0.05, 0.1) is 12.6 Å². The zero-order valence-electron chi connectivity index (χ0n) is 11.1. The van der Waals surface area contributed by atoms with Crippen LogP contribution in [0.5, 0.6) is 0 Å². The van der Waals surface area contributed by atoms with E-state index in [4.69, 9.17) is 4.74 Å². The van der Waals surface area contributed by atoms with Gasteiger partial charge in [0, 0.05) is 19.7 Å². The summed E-state index contributed by atoms with van der Waals surface area (Å²) in [6.07, 6.45) is 6.25. The molecule has 1 rings (SSSR count). The van der Waals surface area contributed by atoms with Crippen LogP contribution in [-0.2, 0) is 14.3 Å². The number of nitrogens with zero attached hydrogens (tertiary/aromatic N) is 1. The normalized spacial score (nSPS) is 20.9. The zero-order valence-corrected chi connectivity index (χ0v) is 11.1. The second-order valence-corrected chi connectivity index (χ2v) is 4.28. The average Bonchev–Trinajstić information content (AvgIpc) is 2.39. The smallest absolute Gasteiger partial charge is 0.330 e. The number of amides is 1. The molecule has 18 heavy (non-hydrogen) atoms. The van der Waals surface area contributed by atoms with E-state index in [2.05, 4.69) is 10.2 Å². The standard InChI is InChI=1S/C13H22N2O3/c1-3-18-12(16)8-6-10-15-9-5-4-7-11(15)13(17)14-2/h6,8,11H,3-5,7,9-10H2,1-2H3,(H,14,17)/b8-6+. The number of hydrogen-bond donors (Lipinski definition) is 1. The van der Waals surface area contributed by atoms with E-state index in [1.807, 2.05) is 0 Å². The van der Waals surface area contributed by atoms with E-state index in [0.29, 0.717) is 13.2 Å². The minimum Gasteiger partial charge on any atom is -0.463 e. The summed E-state index contributed by atoms with van der Waals surface area (Å²) in [4.78, 5) is 25.0. The summed E-state index contributed by atoms with van der Waals surface area (Å²) in [5.74, 6) is -0.273. The highest BCUT2D eigenvalue weighted by atomic mass is 16.5.